The van der Waals surface area contributed by atoms with E-state index in [1.807, 2.05) is 36.6 Å². The molecule has 2 aromatic carbocycles. The van der Waals surface area contributed by atoms with Gasteiger partial charge in [-0.1, -0.05) is 26.7 Å². The summed E-state index contributed by atoms with van der Waals surface area (Å²) in [5.41, 5.74) is 1.04. The van der Waals surface area contributed by atoms with Gasteiger partial charge in [-0.2, -0.15) is 0 Å². The van der Waals surface area contributed by atoms with E-state index in [0.29, 0.717) is 17.1 Å². The summed E-state index contributed by atoms with van der Waals surface area (Å²) in [5, 5.41) is 9.07. The first-order valence-corrected chi connectivity index (χ1v) is 14.3. The third-order valence-electron chi connectivity index (χ3n) is 6.41. The summed E-state index contributed by atoms with van der Waals surface area (Å²) in [6, 6.07) is 10.9. The van der Waals surface area contributed by atoms with Crippen molar-refractivity contribution in [2.75, 3.05) is 37.2 Å². The van der Waals surface area contributed by atoms with Gasteiger partial charge in [0.25, 0.3) is 0 Å². The van der Waals surface area contributed by atoms with E-state index >= 15 is 0 Å². The molecule has 1 atom stereocenters. The average Bonchev–Trinajstić information content (AvgIpc) is 2.93. The van der Waals surface area contributed by atoms with Gasteiger partial charge in [0.2, 0.25) is 0 Å². The molecule has 2 aromatic rings. The molecule has 1 aliphatic heterocycles. The molecule has 0 bridgehead atoms. The molecule has 1 aliphatic rings. The molecule has 1 heterocycles. The topological polar surface area (TPSA) is 93.1 Å². The Morgan fingerprint density at radius 1 is 1.21 bits per heavy atom. The number of unbranched alkanes of at least 4 members (excludes halogenated alkanes) is 1. The molecule has 0 spiro atoms. The number of hydrogen-bond acceptors (Lipinski definition) is 7. The number of ether oxygens (including phenoxy) is 2. The van der Waals surface area contributed by atoms with E-state index in [-0.39, 0.29) is 16.4 Å². The van der Waals surface area contributed by atoms with Crippen LogP contribution in [0.5, 0.6) is 11.5 Å². The Hall–Kier alpha value is -2.39. The van der Waals surface area contributed by atoms with Gasteiger partial charge in [0.15, 0.2) is 16.4 Å². The smallest absolute Gasteiger partial charge is 0.341 e. The molecule has 186 valence electrons. The Kier molecular flexibility index (Phi) is 8.41. The van der Waals surface area contributed by atoms with E-state index in [4.69, 9.17) is 14.6 Å². The van der Waals surface area contributed by atoms with E-state index in [0.717, 1.165) is 37.1 Å². The minimum absolute atomic E-state index is 0.0349. The number of nitrogens with zero attached hydrogens (tertiary/aromatic N) is 1. The minimum Gasteiger partial charge on any atom is -0.497 e. The van der Waals surface area contributed by atoms with Gasteiger partial charge in [-0.25, -0.2) is 13.2 Å². The van der Waals surface area contributed by atoms with Gasteiger partial charge in [-0.3, -0.25) is 0 Å². The van der Waals surface area contributed by atoms with Crippen LogP contribution in [-0.2, 0) is 14.6 Å². The number of sulfone groups is 1. The van der Waals surface area contributed by atoms with Gasteiger partial charge in [-0.05, 0) is 49.4 Å². The van der Waals surface area contributed by atoms with Crippen molar-refractivity contribution in [3.63, 3.8) is 0 Å². The van der Waals surface area contributed by atoms with Crippen LogP contribution >= 0.6 is 11.8 Å². The molecule has 0 aliphatic carbocycles. The van der Waals surface area contributed by atoms with Crippen molar-refractivity contribution in [2.24, 2.45) is 5.41 Å². The van der Waals surface area contributed by atoms with Crippen molar-refractivity contribution in [2.45, 2.75) is 49.3 Å². The average molecular weight is 508 g/mol. The molecule has 0 radical (unpaired) electrons. The molecule has 0 saturated carbocycles. The van der Waals surface area contributed by atoms with Crippen LogP contribution in [0, 0.1) is 5.41 Å². The lowest BCUT2D eigenvalue weighted by Gasteiger charge is -2.36. The van der Waals surface area contributed by atoms with Crippen LogP contribution in [-0.4, -0.2) is 51.8 Å². The minimum atomic E-state index is -3.67. The fraction of sp³-hybridized carbons (Fsp3) is 0.480. The Bertz CT molecular complexity index is 1120. The van der Waals surface area contributed by atoms with Gasteiger partial charge >= 0.3 is 5.97 Å². The van der Waals surface area contributed by atoms with E-state index in [9.17, 15) is 13.2 Å². The zero-order valence-corrected chi connectivity index (χ0v) is 21.8. The van der Waals surface area contributed by atoms with Gasteiger partial charge in [0.1, 0.15) is 11.5 Å². The third kappa shape index (κ3) is 5.63. The molecule has 1 N–H and O–H groups in total. The first-order chi connectivity index (χ1) is 16.2. The van der Waals surface area contributed by atoms with Gasteiger partial charge in [0.05, 0.1) is 28.3 Å². The monoisotopic (exact) mass is 507 g/mol. The standard InChI is InChI=1S/C25H33NO6S2/c1-5-7-12-25(6-2)16-26(18-8-10-19(31-3)11-9-18)20-13-22(33-4)21(32-15-24(27)28)14-23(20)34(29,30)17-25/h8-11,13-14H,5-7,12,15-17H2,1-4H3,(H,27,28). The largest absolute Gasteiger partial charge is 0.497 e. The van der Waals surface area contributed by atoms with Gasteiger partial charge in [-0.15, -0.1) is 11.8 Å². The molecule has 0 aromatic heterocycles. The number of carboxylic acid groups (broad SMARTS) is 1. The first kappa shape index (κ1) is 26.2. The molecule has 0 fully saturated rings. The Balaban J connectivity index is 2.24. The van der Waals surface area contributed by atoms with Crippen molar-refractivity contribution in [3.05, 3.63) is 36.4 Å². The van der Waals surface area contributed by atoms with E-state index in [1.165, 1.54) is 17.8 Å². The van der Waals surface area contributed by atoms with E-state index in [2.05, 4.69) is 18.7 Å². The number of hydrogen-bond donors (Lipinski definition) is 1. The zero-order valence-electron chi connectivity index (χ0n) is 20.2. The summed E-state index contributed by atoms with van der Waals surface area (Å²) >= 11 is 1.39. The highest BCUT2D eigenvalue weighted by molar-refractivity contribution is 7.98. The second kappa shape index (κ2) is 10.9. The number of fused-ring (bicyclic) bond motifs is 1. The molecule has 7 nitrogen and oxygen atoms in total. The van der Waals surface area contributed by atoms with Crippen LogP contribution in [0.25, 0.3) is 0 Å². The summed E-state index contributed by atoms with van der Waals surface area (Å²) in [5.74, 6) is -0.0900. The molecule has 0 saturated heterocycles. The number of thioether (sulfide) groups is 1. The number of anilines is 2. The maximum Gasteiger partial charge on any atom is 0.341 e. The second-order valence-electron chi connectivity index (χ2n) is 8.65. The molecule has 34 heavy (non-hydrogen) atoms. The van der Waals surface area contributed by atoms with Crippen LogP contribution in [0.1, 0.15) is 39.5 Å². The van der Waals surface area contributed by atoms with E-state index < -0.39 is 27.8 Å². The highest BCUT2D eigenvalue weighted by atomic mass is 32.2. The SMILES string of the molecule is CCCCC1(CC)CN(c2ccc(OC)cc2)c2cc(SC)c(OCC(=O)O)cc2S(=O)(=O)C1. The quantitative estimate of drug-likeness (QED) is 0.428. The number of methoxy groups -OCH3 is 1. The molecule has 9 heteroatoms. The maximum atomic E-state index is 13.8. The lowest BCUT2D eigenvalue weighted by molar-refractivity contribution is -0.139. The van der Waals surface area contributed by atoms with Crippen LogP contribution in [0.3, 0.4) is 0 Å². The summed E-state index contributed by atoms with van der Waals surface area (Å²) in [6.45, 7) is 4.19. The third-order valence-corrected chi connectivity index (χ3v) is 9.16. The predicted octanol–water partition coefficient (Wildman–Crippen LogP) is 5.39. The predicted molar refractivity (Wildman–Crippen MR) is 136 cm³/mol. The van der Waals surface area contributed by atoms with Gasteiger partial charge in [0, 0.05) is 23.7 Å². The molecule has 3 rings (SSSR count). The van der Waals surface area contributed by atoms with Crippen molar-refractivity contribution in [1.82, 2.24) is 0 Å². The highest BCUT2D eigenvalue weighted by Crippen LogP contribution is 2.47. The van der Waals surface area contributed by atoms with Crippen molar-refractivity contribution < 1.29 is 27.8 Å². The Morgan fingerprint density at radius 2 is 1.91 bits per heavy atom. The Morgan fingerprint density at radius 3 is 2.47 bits per heavy atom. The number of aliphatic carboxylic acids is 1. The highest BCUT2D eigenvalue weighted by Gasteiger charge is 2.42. The Labute approximate surface area is 206 Å². The molecule has 0 amide bonds. The molecular formula is C25H33NO6S2. The fourth-order valence-electron chi connectivity index (χ4n) is 4.44. The summed E-state index contributed by atoms with van der Waals surface area (Å²) < 4.78 is 38.3. The van der Waals surface area contributed by atoms with E-state index in [1.54, 1.807) is 7.11 Å². The second-order valence-corrected chi connectivity index (χ2v) is 11.5. The number of carboxylic acids is 1. The van der Waals surface area contributed by atoms with Crippen molar-refractivity contribution in [1.29, 1.82) is 0 Å². The summed E-state index contributed by atoms with van der Waals surface area (Å²) in [6.07, 6.45) is 5.32. The van der Waals surface area contributed by atoms with Crippen molar-refractivity contribution in [3.8, 4) is 11.5 Å². The zero-order chi connectivity index (χ0) is 24.9. The fourth-order valence-corrected chi connectivity index (χ4v) is 7.16. The number of benzene rings is 2. The maximum absolute atomic E-state index is 13.8. The molecular weight excluding hydrogens is 474 g/mol. The number of rotatable bonds is 10. The normalized spacial score (nSPS) is 19.2. The summed E-state index contributed by atoms with van der Waals surface area (Å²) in [7, 11) is -2.06. The van der Waals surface area contributed by atoms with Crippen molar-refractivity contribution >= 4 is 38.9 Å². The van der Waals surface area contributed by atoms with Gasteiger partial charge < -0.3 is 19.5 Å². The van der Waals surface area contributed by atoms with Crippen LogP contribution in [0.2, 0.25) is 0 Å². The summed E-state index contributed by atoms with van der Waals surface area (Å²) in [4.78, 5) is 14.0. The van der Waals surface area contributed by atoms with Crippen LogP contribution < -0.4 is 14.4 Å². The van der Waals surface area contributed by atoms with Crippen LogP contribution in [0.4, 0.5) is 11.4 Å². The number of carbonyl (C=O) groups is 1. The lowest BCUT2D eigenvalue weighted by atomic mass is 9.81. The first-order valence-electron chi connectivity index (χ1n) is 11.4. The molecule has 1 unspecified atom stereocenters. The van der Waals surface area contributed by atoms with Crippen LogP contribution in [0.15, 0.2) is 46.2 Å². The lowest BCUT2D eigenvalue weighted by Crippen LogP contribution is -2.37.